The van der Waals surface area contributed by atoms with Gasteiger partial charge in [0, 0.05) is 19.5 Å². The van der Waals surface area contributed by atoms with Crippen LogP contribution in [0.2, 0.25) is 0 Å². The molecule has 0 saturated carbocycles. The molecule has 0 fully saturated rings. The van der Waals surface area contributed by atoms with Crippen molar-refractivity contribution in [2.75, 3.05) is 13.1 Å². The first-order chi connectivity index (χ1) is 13.1. The Bertz CT molecular complexity index is 1020. The van der Waals surface area contributed by atoms with Crippen LogP contribution in [0.5, 0.6) is 0 Å². The molecule has 2 aromatic rings. The Hall–Kier alpha value is -2.27. The zero-order chi connectivity index (χ0) is 20.8. The van der Waals surface area contributed by atoms with Gasteiger partial charge in [-0.2, -0.15) is 0 Å². The number of carbonyl (C=O) groups excluding carboxylic acids is 1. The molecule has 0 heterocycles. The van der Waals surface area contributed by atoms with Crippen molar-refractivity contribution in [3.63, 3.8) is 0 Å². The molecular weight excluding hydrogens is 402 g/mol. The molecule has 0 bridgehead atoms. The molecule has 28 heavy (non-hydrogen) atoms. The first-order valence-electron chi connectivity index (χ1n) is 8.53. The Morgan fingerprint density at radius 2 is 1.46 bits per heavy atom. The van der Waals surface area contributed by atoms with Gasteiger partial charge in [-0.1, -0.05) is 29.8 Å². The van der Waals surface area contributed by atoms with E-state index in [4.69, 9.17) is 5.14 Å². The third-order valence-electron chi connectivity index (χ3n) is 3.96. The maximum absolute atomic E-state index is 12.1. The van der Waals surface area contributed by atoms with Crippen LogP contribution in [0, 0.1) is 6.92 Å². The van der Waals surface area contributed by atoms with Crippen LogP contribution in [0.25, 0.3) is 0 Å². The van der Waals surface area contributed by atoms with Crippen LogP contribution < -0.4 is 15.2 Å². The van der Waals surface area contributed by atoms with Gasteiger partial charge in [-0.15, -0.1) is 0 Å². The molecule has 1 amide bonds. The number of amides is 1. The van der Waals surface area contributed by atoms with Gasteiger partial charge >= 0.3 is 0 Å². The Labute approximate surface area is 165 Å². The van der Waals surface area contributed by atoms with E-state index < -0.39 is 20.0 Å². The maximum atomic E-state index is 12.1. The second-order valence-electron chi connectivity index (χ2n) is 6.25. The fraction of sp³-hybridized carbons (Fsp3) is 0.278. The second-order valence-corrected chi connectivity index (χ2v) is 9.58. The summed E-state index contributed by atoms with van der Waals surface area (Å²) in [6, 6.07) is 12.5. The molecule has 0 aliphatic carbocycles. The SMILES string of the molecule is Cc1ccc(S(=O)(=O)NCCNC(=O)CCc2ccc(S(N)(=O)=O)cc2)cc1. The molecule has 2 rings (SSSR count). The predicted molar refractivity (Wildman–Crippen MR) is 106 cm³/mol. The van der Waals surface area contributed by atoms with Crippen molar-refractivity contribution in [2.24, 2.45) is 5.14 Å². The molecule has 0 radical (unpaired) electrons. The van der Waals surface area contributed by atoms with Crippen molar-refractivity contribution in [3.8, 4) is 0 Å². The van der Waals surface area contributed by atoms with Crippen LogP contribution in [0.1, 0.15) is 17.5 Å². The minimum Gasteiger partial charge on any atom is -0.355 e. The fourth-order valence-corrected chi connectivity index (χ4v) is 3.93. The molecule has 4 N–H and O–H groups in total. The molecule has 8 nitrogen and oxygen atoms in total. The van der Waals surface area contributed by atoms with Crippen molar-refractivity contribution in [3.05, 3.63) is 59.7 Å². The minimum absolute atomic E-state index is 0.0153. The van der Waals surface area contributed by atoms with Crippen LogP contribution in [-0.2, 0) is 31.3 Å². The summed E-state index contributed by atoms with van der Waals surface area (Å²) in [6.07, 6.45) is 0.616. The van der Waals surface area contributed by atoms with E-state index in [2.05, 4.69) is 10.0 Å². The van der Waals surface area contributed by atoms with Gasteiger partial charge in [0.15, 0.2) is 0 Å². The van der Waals surface area contributed by atoms with Gasteiger partial charge in [0.2, 0.25) is 26.0 Å². The van der Waals surface area contributed by atoms with Gasteiger partial charge in [-0.05, 0) is 43.2 Å². The van der Waals surface area contributed by atoms with E-state index >= 15 is 0 Å². The minimum atomic E-state index is -3.74. The van der Waals surface area contributed by atoms with Crippen molar-refractivity contribution < 1.29 is 21.6 Å². The highest BCUT2D eigenvalue weighted by Crippen LogP contribution is 2.11. The van der Waals surface area contributed by atoms with Crippen LogP contribution in [0.15, 0.2) is 58.3 Å². The predicted octanol–water partition coefficient (Wildman–Crippen LogP) is 0.670. The summed E-state index contributed by atoms with van der Waals surface area (Å²) in [7, 11) is -7.34. The molecule has 152 valence electrons. The van der Waals surface area contributed by atoms with Gasteiger partial charge in [0.25, 0.3) is 0 Å². The molecule has 0 saturated heterocycles. The topological polar surface area (TPSA) is 135 Å². The average Bonchev–Trinajstić information content (AvgIpc) is 2.63. The monoisotopic (exact) mass is 425 g/mol. The summed E-state index contributed by atoms with van der Waals surface area (Å²) in [5, 5.41) is 7.67. The van der Waals surface area contributed by atoms with E-state index in [0.29, 0.717) is 6.42 Å². The highest BCUT2D eigenvalue weighted by molar-refractivity contribution is 7.89. The van der Waals surface area contributed by atoms with Gasteiger partial charge in [-0.3, -0.25) is 4.79 Å². The quantitative estimate of drug-likeness (QED) is 0.508. The number of benzene rings is 2. The Kier molecular flexibility index (Phi) is 7.30. The first-order valence-corrected chi connectivity index (χ1v) is 11.6. The first kappa shape index (κ1) is 22.0. The summed E-state index contributed by atoms with van der Waals surface area (Å²) in [5.74, 6) is -0.231. The highest BCUT2D eigenvalue weighted by atomic mass is 32.2. The average molecular weight is 426 g/mol. The van der Waals surface area contributed by atoms with E-state index in [9.17, 15) is 21.6 Å². The number of sulfonamides is 2. The molecular formula is C18H23N3O5S2. The Balaban J connectivity index is 1.73. The number of nitrogens with two attached hydrogens (primary N) is 1. The lowest BCUT2D eigenvalue weighted by Gasteiger charge is -2.08. The summed E-state index contributed by atoms with van der Waals surface area (Å²) >= 11 is 0. The standard InChI is InChI=1S/C18H23N3O5S2/c1-14-2-7-17(8-3-14)28(25,26)21-13-12-20-18(22)11-6-15-4-9-16(10-5-15)27(19,23)24/h2-5,7-10,21H,6,11-13H2,1H3,(H,20,22)(H2,19,23,24). The summed E-state index contributed by atoms with van der Waals surface area (Å²) in [5.41, 5.74) is 1.76. The van der Waals surface area contributed by atoms with Crippen LogP contribution in [0.3, 0.4) is 0 Å². The third-order valence-corrected chi connectivity index (χ3v) is 6.37. The van der Waals surface area contributed by atoms with Crippen molar-refractivity contribution in [1.29, 1.82) is 0 Å². The number of aryl methyl sites for hydroxylation is 2. The molecule has 0 atom stereocenters. The third kappa shape index (κ3) is 6.71. The molecule has 2 aromatic carbocycles. The Morgan fingerprint density at radius 3 is 2.04 bits per heavy atom. The number of hydrogen-bond acceptors (Lipinski definition) is 5. The van der Waals surface area contributed by atoms with E-state index in [1.54, 1.807) is 24.3 Å². The lowest BCUT2D eigenvalue weighted by molar-refractivity contribution is -0.121. The maximum Gasteiger partial charge on any atom is 0.240 e. The number of rotatable bonds is 9. The van der Waals surface area contributed by atoms with Crippen LogP contribution in [-0.4, -0.2) is 35.8 Å². The molecule has 10 heteroatoms. The summed E-state index contributed by atoms with van der Waals surface area (Å²) in [4.78, 5) is 12.1. The van der Waals surface area contributed by atoms with E-state index in [1.165, 1.54) is 24.3 Å². The summed E-state index contributed by atoms with van der Waals surface area (Å²) in [6.45, 7) is 2.10. The molecule has 0 aromatic heterocycles. The lowest BCUT2D eigenvalue weighted by Crippen LogP contribution is -2.34. The van der Waals surface area contributed by atoms with E-state index in [-0.39, 0.29) is 35.2 Å². The smallest absolute Gasteiger partial charge is 0.240 e. The number of hydrogen-bond donors (Lipinski definition) is 3. The normalized spacial score (nSPS) is 11.9. The fourth-order valence-electron chi connectivity index (χ4n) is 2.38. The number of carbonyl (C=O) groups is 1. The summed E-state index contributed by atoms with van der Waals surface area (Å²) < 4.78 is 49.1. The zero-order valence-corrected chi connectivity index (χ0v) is 17.0. The van der Waals surface area contributed by atoms with Crippen molar-refractivity contribution >= 4 is 26.0 Å². The molecule has 0 aliphatic heterocycles. The van der Waals surface area contributed by atoms with Crippen molar-refractivity contribution in [2.45, 2.75) is 29.6 Å². The largest absolute Gasteiger partial charge is 0.355 e. The highest BCUT2D eigenvalue weighted by Gasteiger charge is 2.13. The molecule has 0 aliphatic rings. The van der Waals surface area contributed by atoms with Gasteiger partial charge in [0.1, 0.15) is 0 Å². The van der Waals surface area contributed by atoms with Crippen LogP contribution in [0.4, 0.5) is 0 Å². The lowest BCUT2D eigenvalue weighted by atomic mass is 10.1. The Morgan fingerprint density at radius 1 is 0.893 bits per heavy atom. The zero-order valence-electron chi connectivity index (χ0n) is 15.4. The number of nitrogens with one attached hydrogen (secondary N) is 2. The van der Waals surface area contributed by atoms with Gasteiger partial charge in [-0.25, -0.2) is 26.7 Å². The number of primary sulfonamides is 1. The molecule has 0 unspecified atom stereocenters. The van der Waals surface area contributed by atoms with E-state index in [0.717, 1.165) is 11.1 Å². The second kappa shape index (κ2) is 9.28. The van der Waals surface area contributed by atoms with E-state index in [1.807, 2.05) is 6.92 Å². The van der Waals surface area contributed by atoms with Gasteiger partial charge in [0.05, 0.1) is 9.79 Å². The molecule has 0 spiro atoms. The van der Waals surface area contributed by atoms with Crippen molar-refractivity contribution in [1.82, 2.24) is 10.0 Å². The van der Waals surface area contributed by atoms with Crippen LogP contribution >= 0.6 is 0 Å². The van der Waals surface area contributed by atoms with Gasteiger partial charge < -0.3 is 5.32 Å².